The first-order valence-electron chi connectivity index (χ1n) is 10.1. The molecule has 0 radical (unpaired) electrons. The Morgan fingerprint density at radius 1 is 1.15 bits per heavy atom. The van der Waals surface area contributed by atoms with Crippen LogP contribution < -0.4 is 5.63 Å². The SMILES string of the molecule is CC(C)C[C@H](SCC1CCCCC1)c1c(O)cc(-c2ccccc2)oc1=O. The molecule has 27 heavy (non-hydrogen) atoms. The molecule has 1 N–H and O–H groups in total. The minimum absolute atomic E-state index is 0.0204. The minimum atomic E-state index is -0.407. The van der Waals surface area contributed by atoms with Crippen molar-refractivity contribution in [2.24, 2.45) is 11.8 Å². The van der Waals surface area contributed by atoms with E-state index in [1.807, 2.05) is 42.1 Å². The molecule has 0 aliphatic heterocycles. The maximum absolute atomic E-state index is 12.8. The Balaban J connectivity index is 1.83. The molecule has 1 aromatic carbocycles. The van der Waals surface area contributed by atoms with E-state index in [1.54, 1.807) is 6.07 Å². The predicted octanol–water partition coefficient (Wildman–Crippen LogP) is 6.41. The summed E-state index contributed by atoms with van der Waals surface area (Å²) in [6.45, 7) is 4.32. The molecule has 0 unspecified atom stereocenters. The van der Waals surface area contributed by atoms with E-state index in [1.165, 1.54) is 32.1 Å². The van der Waals surface area contributed by atoms with Crippen LogP contribution in [-0.2, 0) is 0 Å². The smallest absolute Gasteiger partial charge is 0.344 e. The van der Waals surface area contributed by atoms with E-state index in [-0.39, 0.29) is 11.0 Å². The highest BCUT2D eigenvalue weighted by Crippen LogP contribution is 2.41. The Morgan fingerprint density at radius 3 is 2.48 bits per heavy atom. The Morgan fingerprint density at radius 2 is 1.85 bits per heavy atom. The summed E-state index contributed by atoms with van der Waals surface area (Å²) in [6.07, 6.45) is 7.42. The molecule has 0 spiro atoms. The van der Waals surface area contributed by atoms with Gasteiger partial charge in [0.25, 0.3) is 0 Å². The standard InChI is InChI=1S/C23H30O3S/c1-16(2)13-21(27-15-17-9-5-3-6-10-17)22-19(24)14-20(26-23(22)25)18-11-7-4-8-12-18/h4,7-8,11-12,14,16-17,21,24H,3,5-6,9-10,13,15H2,1-2H3/t21-/m0/s1. The van der Waals surface area contributed by atoms with Crippen LogP contribution in [-0.4, -0.2) is 10.9 Å². The van der Waals surface area contributed by atoms with Gasteiger partial charge in [0.2, 0.25) is 0 Å². The fourth-order valence-corrected chi connectivity index (χ4v) is 5.58. The van der Waals surface area contributed by atoms with Crippen molar-refractivity contribution >= 4 is 11.8 Å². The van der Waals surface area contributed by atoms with Gasteiger partial charge in [-0.25, -0.2) is 4.79 Å². The van der Waals surface area contributed by atoms with E-state index >= 15 is 0 Å². The highest BCUT2D eigenvalue weighted by molar-refractivity contribution is 7.99. The van der Waals surface area contributed by atoms with Gasteiger partial charge in [-0.05, 0) is 36.9 Å². The second kappa shape index (κ2) is 9.50. The predicted molar refractivity (Wildman–Crippen MR) is 113 cm³/mol. The Kier molecular flexibility index (Phi) is 7.06. The van der Waals surface area contributed by atoms with Crippen LogP contribution in [0.15, 0.2) is 45.6 Å². The van der Waals surface area contributed by atoms with Crippen LogP contribution in [0.25, 0.3) is 11.3 Å². The zero-order valence-electron chi connectivity index (χ0n) is 16.3. The number of rotatable bonds is 7. The number of benzene rings is 1. The molecule has 1 aromatic heterocycles. The fraction of sp³-hybridized carbons (Fsp3) is 0.522. The molecule has 1 saturated carbocycles. The third-order valence-corrected chi connectivity index (χ3v) is 6.78. The lowest BCUT2D eigenvalue weighted by Gasteiger charge is -2.25. The molecule has 1 aliphatic carbocycles. The summed E-state index contributed by atoms with van der Waals surface area (Å²) in [4.78, 5) is 12.8. The summed E-state index contributed by atoms with van der Waals surface area (Å²) in [7, 11) is 0. The Hall–Kier alpha value is -1.68. The molecule has 4 heteroatoms. The van der Waals surface area contributed by atoms with E-state index in [9.17, 15) is 9.90 Å². The van der Waals surface area contributed by atoms with Gasteiger partial charge < -0.3 is 9.52 Å². The molecule has 146 valence electrons. The van der Waals surface area contributed by atoms with E-state index in [0.29, 0.717) is 17.2 Å². The number of hydrogen-bond acceptors (Lipinski definition) is 4. The third-order valence-electron chi connectivity index (χ3n) is 5.29. The van der Waals surface area contributed by atoms with Crippen LogP contribution >= 0.6 is 11.8 Å². The van der Waals surface area contributed by atoms with Crippen molar-refractivity contribution in [3.05, 3.63) is 52.4 Å². The van der Waals surface area contributed by atoms with E-state index in [2.05, 4.69) is 13.8 Å². The molecule has 0 saturated heterocycles. The van der Waals surface area contributed by atoms with E-state index < -0.39 is 5.63 Å². The van der Waals surface area contributed by atoms with Gasteiger partial charge in [0, 0.05) is 16.9 Å². The zero-order chi connectivity index (χ0) is 19.2. The van der Waals surface area contributed by atoms with Crippen molar-refractivity contribution in [1.29, 1.82) is 0 Å². The van der Waals surface area contributed by atoms with Gasteiger partial charge >= 0.3 is 5.63 Å². The summed E-state index contributed by atoms with van der Waals surface area (Å²) in [5.74, 6) is 2.71. The van der Waals surface area contributed by atoms with Gasteiger partial charge in [-0.15, -0.1) is 0 Å². The summed E-state index contributed by atoms with van der Waals surface area (Å²) in [5, 5.41) is 10.7. The summed E-state index contributed by atoms with van der Waals surface area (Å²) >= 11 is 1.82. The summed E-state index contributed by atoms with van der Waals surface area (Å²) < 4.78 is 5.60. The molecule has 0 bridgehead atoms. The van der Waals surface area contributed by atoms with Crippen molar-refractivity contribution in [1.82, 2.24) is 0 Å². The van der Waals surface area contributed by atoms with Gasteiger partial charge in [-0.2, -0.15) is 11.8 Å². The number of thioether (sulfide) groups is 1. The largest absolute Gasteiger partial charge is 0.507 e. The summed E-state index contributed by atoms with van der Waals surface area (Å²) in [6, 6.07) is 11.0. The normalized spacial score (nSPS) is 16.6. The van der Waals surface area contributed by atoms with E-state index in [4.69, 9.17) is 4.42 Å². The molecule has 0 amide bonds. The van der Waals surface area contributed by atoms with Crippen molar-refractivity contribution in [3.63, 3.8) is 0 Å². The maximum atomic E-state index is 12.8. The van der Waals surface area contributed by atoms with Crippen LogP contribution in [0.3, 0.4) is 0 Å². The Bertz CT molecular complexity index is 776. The number of hydrogen-bond donors (Lipinski definition) is 1. The lowest BCUT2D eigenvalue weighted by Crippen LogP contribution is -2.16. The third kappa shape index (κ3) is 5.41. The molecule has 3 rings (SSSR count). The molecule has 1 aliphatic rings. The average molecular weight is 387 g/mol. The van der Waals surface area contributed by atoms with Crippen LogP contribution in [0.2, 0.25) is 0 Å². The quantitative estimate of drug-likeness (QED) is 0.597. The first-order chi connectivity index (χ1) is 13.0. The topological polar surface area (TPSA) is 50.4 Å². The second-order valence-corrected chi connectivity index (χ2v) is 9.25. The van der Waals surface area contributed by atoms with Crippen LogP contribution in [0.4, 0.5) is 0 Å². The molecule has 1 heterocycles. The maximum Gasteiger partial charge on any atom is 0.344 e. The van der Waals surface area contributed by atoms with Crippen molar-refractivity contribution in [2.75, 3.05) is 5.75 Å². The van der Waals surface area contributed by atoms with Gasteiger partial charge in [0.15, 0.2) is 0 Å². The van der Waals surface area contributed by atoms with Crippen molar-refractivity contribution in [2.45, 2.75) is 57.6 Å². The monoisotopic (exact) mass is 386 g/mol. The molecule has 3 nitrogen and oxygen atoms in total. The van der Waals surface area contributed by atoms with Crippen molar-refractivity contribution in [3.8, 4) is 17.1 Å². The molecule has 1 fully saturated rings. The van der Waals surface area contributed by atoms with Crippen LogP contribution in [0, 0.1) is 11.8 Å². The minimum Gasteiger partial charge on any atom is -0.507 e. The van der Waals surface area contributed by atoms with Crippen LogP contribution in [0.1, 0.15) is 63.2 Å². The lowest BCUT2D eigenvalue weighted by molar-refractivity contribution is 0.390. The average Bonchev–Trinajstić information content (AvgIpc) is 2.66. The molecular weight excluding hydrogens is 356 g/mol. The van der Waals surface area contributed by atoms with Crippen molar-refractivity contribution < 1.29 is 9.52 Å². The molecule has 1 atom stereocenters. The molecular formula is C23H30O3S. The lowest BCUT2D eigenvalue weighted by atomic mass is 9.91. The highest BCUT2D eigenvalue weighted by Gasteiger charge is 2.25. The van der Waals surface area contributed by atoms with Crippen LogP contribution in [0.5, 0.6) is 5.75 Å². The first kappa shape index (κ1) is 20.1. The van der Waals surface area contributed by atoms with Gasteiger partial charge in [0.1, 0.15) is 11.5 Å². The zero-order valence-corrected chi connectivity index (χ0v) is 17.1. The fourth-order valence-electron chi connectivity index (χ4n) is 3.84. The second-order valence-electron chi connectivity index (χ2n) is 8.02. The van der Waals surface area contributed by atoms with Gasteiger partial charge in [-0.3, -0.25) is 0 Å². The summed E-state index contributed by atoms with van der Waals surface area (Å²) in [5.41, 5.74) is 0.826. The van der Waals surface area contributed by atoms with Gasteiger partial charge in [-0.1, -0.05) is 63.4 Å². The highest BCUT2D eigenvalue weighted by atomic mass is 32.2. The molecule has 2 aromatic rings. The van der Waals surface area contributed by atoms with E-state index in [0.717, 1.165) is 23.7 Å². The Labute approximate surface area is 166 Å². The van der Waals surface area contributed by atoms with Gasteiger partial charge in [0.05, 0.1) is 5.56 Å². The number of aromatic hydroxyl groups is 1. The first-order valence-corrected chi connectivity index (χ1v) is 11.1.